The van der Waals surface area contributed by atoms with Gasteiger partial charge >= 0.3 is 5.97 Å². The molecule has 0 aliphatic rings. The Hall–Kier alpha value is -1.63. The van der Waals surface area contributed by atoms with Gasteiger partial charge in [0, 0.05) is 20.0 Å². The van der Waals surface area contributed by atoms with Crippen molar-refractivity contribution in [1.29, 1.82) is 0 Å². The summed E-state index contributed by atoms with van der Waals surface area (Å²) in [7, 11) is 0. The zero-order valence-electron chi connectivity index (χ0n) is 12.5. The van der Waals surface area contributed by atoms with Crippen molar-refractivity contribution in [3.05, 3.63) is 0 Å². The van der Waals surface area contributed by atoms with Gasteiger partial charge in [-0.25, -0.2) is 0 Å². The summed E-state index contributed by atoms with van der Waals surface area (Å²) in [5.41, 5.74) is 0. The van der Waals surface area contributed by atoms with Gasteiger partial charge in [0.25, 0.3) is 0 Å². The van der Waals surface area contributed by atoms with Gasteiger partial charge in [0.2, 0.25) is 11.8 Å². The maximum Gasteiger partial charge on any atom is 0.320 e. The molecule has 2 N–H and O–H groups in total. The number of nitrogens with zero attached hydrogens (tertiary/aromatic N) is 1. The number of hydrogen-bond acceptors (Lipinski definition) is 5. The molecule has 0 rings (SSSR count). The van der Waals surface area contributed by atoms with Crippen molar-refractivity contribution in [2.45, 2.75) is 27.2 Å². The Morgan fingerprint density at radius 3 is 2.25 bits per heavy atom. The first-order chi connectivity index (χ1) is 9.49. The monoisotopic (exact) mass is 287 g/mol. The molecule has 0 aromatic heterocycles. The molecule has 7 nitrogen and oxygen atoms in total. The summed E-state index contributed by atoms with van der Waals surface area (Å²) in [5.74, 6) is -0.630. The third kappa shape index (κ3) is 10.3. The van der Waals surface area contributed by atoms with Gasteiger partial charge in [-0.2, -0.15) is 0 Å². The van der Waals surface area contributed by atoms with E-state index in [-0.39, 0.29) is 30.9 Å². The van der Waals surface area contributed by atoms with Gasteiger partial charge < -0.3 is 15.4 Å². The molecule has 0 aromatic carbocycles. The van der Waals surface area contributed by atoms with E-state index in [4.69, 9.17) is 4.74 Å². The van der Waals surface area contributed by atoms with Crippen molar-refractivity contribution >= 4 is 17.8 Å². The molecule has 0 aromatic rings. The van der Waals surface area contributed by atoms with Gasteiger partial charge in [-0.3, -0.25) is 19.3 Å². The molecule has 0 saturated heterocycles. The predicted octanol–water partition coefficient (Wildman–Crippen LogP) is -0.486. The molecule has 0 heterocycles. The van der Waals surface area contributed by atoms with Crippen molar-refractivity contribution < 1.29 is 19.1 Å². The second-order valence-electron chi connectivity index (χ2n) is 4.35. The summed E-state index contributed by atoms with van der Waals surface area (Å²) < 4.78 is 4.87. The van der Waals surface area contributed by atoms with Crippen LogP contribution >= 0.6 is 0 Å². The molecule has 0 aliphatic carbocycles. The summed E-state index contributed by atoms with van der Waals surface area (Å²) >= 11 is 0. The van der Waals surface area contributed by atoms with Crippen molar-refractivity contribution in [2.75, 3.05) is 39.3 Å². The molecule has 0 aliphatic heterocycles. The molecule has 0 saturated carbocycles. The fraction of sp³-hybridized carbons (Fsp3) is 0.769. The molecule has 116 valence electrons. The number of amides is 2. The van der Waals surface area contributed by atoms with Crippen molar-refractivity contribution in [3.8, 4) is 0 Å². The van der Waals surface area contributed by atoms with Gasteiger partial charge in [0.15, 0.2) is 0 Å². The normalized spacial score (nSPS) is 10.2. The van der Waals surface area contributed by atoms with Gasteiger partial charge in [-0.15, -0.1) is 0 Å². The van der Waals surface area contributed by atoms with Gasteiger partial charge in [0.1, 0.15) is 0 Å². The van der Waals surface area contributed by atoms with Crippen LogP contribution in [0.15, 0.2) is 0 Å². The summed E-state index contributed by atoms with van der Waals surface area (Å²) in [5, 5.41) is 5.27. The minimum absolute atomic E-state index is 0.112. The molecular formula is C13H25N3O4. The average molecular weight is 287 g/mol. The first kappa shape index (κ1) is 18.4. The van der Waals surface area contributed by atoms with E-state index in [0.717, 1.165) is 6.42 Å². The SMILES string of the molecule is CCCN(CC(=O)NCCNC(C)=O)CC(=O)OCC. The van der Waals surface area contributed by atoms with E-state index in [1.54, 1.807) is 11.8 Å². The molecule has 0 spiro atoms. The molecule has 20 heavy (non-hydrogen) atoms. The number of hydrogen-bond donors (Lipinski definition) is 2. The maximum atomic E-state index is 11.7. The van der Waals surface area contributed by atoms with E-state index in [9.17, 15) is 14.4 Å². The average Bonchev–Trinajstić information content (AvgIpc) is 2.35. The van der Waals surface area contributed by atoms with E-state index in [1.807, 2.05) is 6.92 Å². The second kappa shape index (κ2) is 11.2. The third-order valence-corrected chi connectivity index (χ3v) is 2.39. The highest BCUT2D eigenvalue weighted by Crippen LogP contribution is 1.93. The van der Waals surface area contributed by atoms with Crippen LogP contribution in [0.1, 0.15) is 27.2 Å². The highest BCUT2D eigenvalue weighted by atomic mass is 16.5. The molecule has 2 amide bonds. The Morgan fingerprint density at radius 2 is 1.70 bits per heavy atom. The Morgan fingerprint density at radius 1 is 1.05 bits per heavy atom. The van der Waals surface area contributed by atoms with Crippen LogP contribution in [-0.4, -0.2) is 62.0 Å². The van der Waals surface area contributed by atoms with Crippen LogP contribution < -0.4 is 10.6 Å². The third-order valence-electron chi connectivity index (χ3n) is 2.39. The van der Waals surface area contributed by atoms with Crippen molar-refractivity contribution in [1.82, 2.24) is 15.5 Å². The predicted molar refractivity (Wildman–Crippen MR) is 75.1 cm³/mol. The van der Waals surface area contributed by atoms with Crippen molar-refractivity contribution in [2.24, 2.45) is 0 Å². The fourth-order valence-corrected chi connectivity index (χ4v) is 1.62. The number of ether oxygens (including phenoxy) is 1. The van der Waals surface area contributed by atoms with Crippen LogP contribution in [0, 0.1) is 0 Å². The summed E-state index contributed by atoms with van der Waals surface area (Å²) in [4.78, 5) is 35.5. The highest BCUT2D eigenvalue weighted by molar-refractivity contribution is 5.79. The maximum absolute atomic E-state index is 11.7. The molecule has 7 heteroatoms. The van der Waals surface area contributed by atoms with E-state index in [2.05, 4.69) is 10.6 Å². The number of carbonyl (C=O) groups is 3. The topological polar surface area (TPSA) is 87.7 Å². The van der Waals surface area contributed by atoms with Crippen LogP contribution in [-0.2, 0) is 19.1 Å². The van der Waals surface area contributed by atoms with E-state index in [0.29, 0.717) is 26.2 Å². The number of rotatable bonds is 10. The van der Waals surface area contributed by atoms with Crippen LogP contribution in [0.5, 0.6) is 0 Å². The molecule has 0 fully saturated rings. The lowest BCUT2D eigenvalue weighted by Crippen LogP contribution is -2.42. The highest BCUT2D eigenvalue weighted by Gasteiger charge is 2.14. The standard InChI is InChI=1S/C13H25N3O4/c1-4-8-16(10-13(19)20-5-2)9-12(18)15-7-6-14-11(3)17/h4-10H2,1-3H3,(H,14,17)(H,15,18). The molecule has 0 unspecified atom stereocenters. The van der Waals surface area contributed by atoms with Crippen LogP contribution in [0.4, 0.5) is 0 Å². The number of esters is 1. The molecule has 0 atom stereocenters. The largest absolute Gasteiger partial charge is 0.465 e. The van der Waals surface area contributed by atoms with E-state index >= 15 is 0 Å². The number of nitrogens with one attached hydrogen (secondary N) is 2. The summed E-state index contributed by atoms with van der Waals surface area (Å²) in [6.07, 6.45) is 0.846. The van der Waals surface area contributed by atoms with E-state index in [1.165, 1.54) is 6.92 Å². The quantitative estimate of drug-likeness (QED) is 0.418. The van der Waals surface area contributed by atoms with E-state index < -0.39 is 0 Å². The lowest BCUT2D eigenvalue weighted by molar-refractivity contribution is -0.144. The van der Waals surface area contributed by atoms with Crippen molar-refractivity contribution in [3.63, 3.8) is 0 Å². The Labute approximate surface area is 120 Å². The number of carbonyl (C=O) groups excluding carboxylic acids is 3. The summed E-state index contributed by atoms with van der Waals surface area (Å²) in [6, 6.07) is 0. The fourth-order valence-electron chi connectivity index (χ4n) is 1.62. The zero-order chi connectivity index (χ0) is 15.4. The minimum atomic E-state index is -0.327. The van der Waals surface area contributed by atoms with Crippen LogP contribution in [0.2, 0.25) is 0 Å². The van der Waals surface area contributed by atoms with Gasteiger partial charge in [0.05, 0.1) is 19.7 Å². The Bertz CT molecular complexity index is 321. The second-order valence-corrected chi connectivity index (χ2v) is 4.35. The van der Waals surface area contributed by atoms with Gasteiger partial charge in [-0.1, -0.05) is 6.92 Å². The first-order valence-electron chi connectivity index (χ1n) is 6.88. The molecule has 0 radical (unpaired) electrons. The lowest BCUT2D eigenvalue weighted by atomic mass is 10.3. The Kier molecular flexibility index (Phi) is 10.3. The lowest BCUT2D eigenvalue weighted by Gasteiger charge is -2.19. The Balaban J connectivity index is 4.00. The molecular weight excluding hydrogens is 262 g/mol. The summed E-state index contributed by atoms with van der Waals surface area (Å²) in [6.45, 7) is 7.16. The van der Waals surface area contributed by atoms with Crippen LogP contribution in [0.25, 0.3) is 0 Å². The molecule has 0 bridgehead atoms. The minimum Gasteiger partial charge on any atom is -0.465 e. The smallest absolute Gasteiger partial charge is 0.320 e. The first-order valence-corrected chi connectivity index (χ1v) is 6.88. The van der Waals surface area contributed by atoms with Gasteiger partial charge in [-0.05, 0) is 19.9 Å². The van der Waals surface area contributed by atoms with Crippen LogP contribution in [0.3, 0.4) is 0 Å². The zero-order valence-corrected chi connectivity index (χ0v) is 12.5.